The Morgan fingerprint density at radius 3 is 1.81 bits per heavy atom. The minimum Gasteiger partial charge on any atom is -0.460 e. The Kier molecular flexibility index (Phi) is 12.2. The van der Waals surface area contributed by atoms with Gasteiger partial charge in [-0.15, -0.1) is 0 Å². The Hall–Kier alpha value is -2.31. The molecule has 7 nitrogen and oxygen atoms in total. The molecule has 2 rings (SSSR count). The number of carbonyl (C=O) groups excluding carboxylic acids is 2. The Bertz CT molecular complexity index is 914. The zero-order valence-corrected chi connectivity index (χ0v) is 22.0. The molecule has 9 heteroatoms. The van der Waals surface area contributed by atoms with E-state index >= 15 is 0 Å². The molecule has 0 aliphatic carbocycles. The highest BCUT2D eigenvalue weighted by Gasteiger charge is 2.15. The summed E-state index contributed by atoms with van der Waals surface area (Å²) in [6.45, 7) is 12.8. The van der Waals surface area contributed by atoms with Crippen molar-refractivity contribution < 1.29 is 14.3 Å². The first-order valence-corrected chi connectivity index (χ1v) is 10.8. The lowest BCUT2D eigenvalue weighted by molar-refractivity contribution is -0.151. The summed E-state index contributed by atoms with van der Waals surface area (Å²) in [7, 11) is 0. The van der Waals surface area contributed by atoms with Gasteiger partial charge in [0.1, 0.15) is 11.7 Å². The molecule has 31 heavy (non-hydrogen) atoms. The van der Waals surface area contributed by atoms with Crippen molar-refractivity contribution in [2.24, 2.45) is 0 Å². The van der Waals surface area contributed by atoms with Gasteiger partial charge in [0.2, 0.25) is 0 Å². The van der Waals surface area contributed by atoms with Crippen LogP contribution in [-0.4, -0.2) is 33.0 Å². The molecule has 0 fully saturated rings. The second-order valence-corrected chi connectivity index (χ2v) is 10.1. The summed E-state index contributed by atoms with van der Waals surface area (Å²) in [5.41, 5.74) is 0.587. The molecule has 0 saturated heterocycles. The molecular formula is C22H28Br2N4O3. The second kappa shape index (κ2) is 13.2. The van der Waals surface area contributed by atoms with Crippen LogP contribution >= 0.6 is 31.9 Å². The summed E-state index contributed by atoms with van der Waals surface area (Å²) >= 11 is 6.46. The summed E-state index contributed by atoms with van der Waals surface area (Å²) in [6.07, 6.45) is 6.35. The van der Waals surface area contributed by atoms with Crippen LogP contribution in [0.5, 0.6) is 0 Å². The van der Waals surface area contributed by atoms with Gasteiger partial charge in [-0.2, -0.15) is 5.26 Å². The molecule has 168 valence electrons. The van der Waals surface area contributed by atoms with E-state index in [1.165, 1.54) is 13.1 Å². The molecule has 0 saturated carbocycles. The molecule has 0 unspecified atom stereocenters. The molecule has 0 aromatic carbocycles. The van der Waals surface area contributed by atoms with Crippen molar-refractivity contribution in [1.82, 2.24) is 15.3 Å². The van der Waals surface area contributed by atoms with E-state index in [1.54, 1.807) is 30.7 Å². The van der Waals surface area contributed by atoms with Crippen LogP contribution < -0.4 is 5.32 Å². The van der Waals surface area contributed by atoms with E-state index in [0.717, 1.165) is 8.95 Å². The summed E-state index contributed by atoms with van der Waals surface area (Å²) in [5, 5.41) is 11.2. The fraction of sp³-hybridized carbons (Fsp3) is 0.409. The third-order valence-electron chi connectivity index (χ3n) is 2.74. The van der Waals surface area contributed by atoms with Gasteiger partial charge in [0.15, 0.2) is 0 Å². The van der Waals surface area contributed by atoms with E-state index in [9.17, 15) is 9.59 Å². The van der Waals surface area contributed by atoms with Crippen LogP contribution in [0, 0.1) is 11.3 Å². The van der Waals surface area contributed by atoms with Crippen LogP contribution in [0.1, 0.15) is 64.4 Å². The Morgan fingerprint density at radius 2 is 1.48 bits per heavy atom. The van der Waals surface area contributed by atoms with Crippen molar-refractivity contribution in [2.45, 2.75) is 59.6 Å². The second-order valence-electron chi connectivity index (χ2n) is 8.31. The molecule has 1 N–H and O–H groups in total. The number of rotatable bonds is 1. The summed E-state index contributed by atoms with van der Waals surface area (Å²) in [6, 6.07) is 5.43. The smallest absolute Gasteiger partial charge is 0.303 e. The minimum atomic E-state index is -0.328. The van der Waals surface area contributed by atoms with E-state index in [1.807, 2.05) is 47.6 Å². The summed E-state index contributed by atoms with van der Waals surface area (Å²) in [4.78, 5) is 29.6. The molecule has 0 aliphatic heterocycles. The van der Waals surface area contributed by atoms with Crippen LogP contribution in [0.25, 0.3) is 0 Å². The van der Waals surface area contributed by atoms with Crippen molar-refractivity contribution in [3.63, 3.8) is 0 Å². The highest BCUT2D eigenvalue weighted by molar-refractivity contribution is 9.10. The monoisotopic (exact) mass is 554 g/mol. The molecule has 1 amide bonds. The van der Waals surface area contributed by atoms with E-state index in [-0.39, 0.29) is 23.0 Å². The number of ether oxygens (including phenoxy) is 1. The lowest BCUT2D eigenvalue weighted by Crippen LogP contribution is -2.40. The Labute approximate surface area is 200 Å². The average molecular weight is 556 g/mol. The summed E-state index contributed by atoms with van der Waals surface area (Å²) < 4.78 is 6.44. The molecule has 0 atom stereocenters. The number of pyridine rings is 2. The van der Waals surface area contributed by atoms with Gasteiger partial charge in [-0.1, -0.05) is 0 Å². The first kappa shape index (κ1) is 28.7. The van der Waals surface area contributed by atoms with Gasteiger partial charge in [-0.3, -0.25) is 19.6 Å². The minimum absolute atomic E-state index is 0.105. The fourth-order valence-electron chi connectivity index (χ4n) is 1.85. The molecule has 2 aromatic rings. The number of hydrogen-bond donors (Lipinski definition) is 1. The molecule has 0 radical (unpaired) electrons. The molecule has 2 heterocycles. The molecule has 0 aliphatic rings. The van der Waals surface area contributed by atoms with E-state index in [0.29, 0.717) is 11.1 Å². The zero-order valence-electron chi connectivity index (χ0n) is 18.8. The first-order chi connectivity index (χ1) is 14.1. The number of amides is 1. The lowest BCUT2D eigenvalue weighted by Gasteiger charge is -2.20. The number of nitrogens with zero attached hydrogens (tertiary/aromatic N) is 3. The van der Waals surface area contributed by atoms with Crippen molar-refractivity contribution in [3.05, 3.63) is 57.0 Å². The van der Waals surface area contributed by atoms with Gasteiger partial charge < -0.3 is 10.1 Å². The van der Waals surface area contributed by atoms with Crippen molar-refractivity contribution in [3.8, 4) is 6.07 Å². The van der Waals surface area contributed by atoms with Gasteiger partial charge in [0.05, 0.1) is 11.1 Å². The van der Waals surface area contributed by atoms with Gasteiger partial charge in [-0.25, -0.2) is 0 Å². The van der Waals surface area contributed by atoms with Crippen molar-refractivity contribution in [1.29, 1.82) is 5.26 Å². The predicted octanol–water partition coefficient (Wildman–Crippen LogP) is 5.44. The maximum atomic E-state index is 11.6. The molecular weight excluding hydrogens is 528 g/mol. The van der Waals surface area contributed by atoms with Gasteiger partial charge in [-0.05, 0) is 85.5 Å². The number of carbonyl (C=O) groups is 2. The topological polar surface area (TPSA) is 105 Å². The highest BCUT2D eigenvalue weighted by Crippen LogP contribution is 2.11. The molecule has 2 aromatic heterocycles. The molecule has 0 spiro atoms. The normalized spacial score (nSPS) is 10.3. The van der Waals surface area contributed by atoms with Crippen LogP contribution in [0.2, 0.25) is 0 Å². The fourth-order valence-corrected chi connectivity index (χ4v) is 2.58. The number of aromatic nitrogens is 2. The number of nitrogens with one attached hydrogen (secondary N) is 1. The van der Waals surface area contributed by atoms with Crippen LogP contribution in [-0.2, 0) is 9.53 Å². The van der Waals surface area contributed by atoms with Crippen LogP contribution in [0.4, 0.5) is 0 Å². The van der Waals surface area contributed by atoms with Crippen molar-refractivity contribution >= 4 is 43.7 Å². The SMILES string of the molecule is CC(=O)OC(C)(C)C.CC(C)(C)NC(=O)c1cncc(Br)c1.N#Cc1cncc(Br)c1. The van der Waals surface area contributed by atoms with Crippen LogP contribution in [0.15, 0.2) is 45.9 Å². The quantitative estimate of drug-likeness (QED) is 0.470. The predicted molar refractivity (Wildman–Crippen MR) is 127 cm³/mol. The zero-order chi connectivity index (χ0) is 24.2. The van der Waals surface area contributed by atoms with Crippen LogP contribution in [0.3, 0.4) is 0 Å². The number of hydrogen-bond acceptors (Lipinski definition) is 6. The largest absolute Gasteiger partial charge is 0.460 e. The number of nitriles is 1. The van der Waals surface area contributed by atoms with Crippen molar-refractivity contribution in [2.75, 3.05) is 0 Å². The highest BCUT2D eigenvalue weighted by atomic mass is 79.9. The van der Waals surface area contributed by atoms with Gasteiger partial charge >= 0.3 is 5.97 Å². The maximum absolute atomic E-state index is 11.6. The van der Waals surface area contributed by atoms with E-state index in [2.05, 4.69) is 47.1 Å². The first-order valence-electron chi connectivity index (χ1n) is 9.26. The maximum Gasteiger partial charge on any atom is 0.303 e. The Morgan fingerprint density at radius 1 is 0.968 bits per heavy atom. The third-order valence-corrected chi connectivity index (χ3v) is 3.61. The third kappa shape index (κ3) is 16.1. The summed E-state index contributed by atoms with van der Waals surface area (Å²) in [5.74, 6) is -0.330. The van der Waals surface area contributed by atoms with E-state index < -0.39 is 0 Å². The molecule has 0 bridgehead atoms. The van der Waals surface area contributed by atoms with Gasteiger partial charge in [0.25, 0.3) is 5.91 Å². The van der Waals surface area contributed by atoms with E-state index in [4.69, 9.17) is 10.00 Å². The Balaban J connectivity index is 0.000000461. The number of halogens is 2. The standard InChI is InChI=1S/C10H13BrN2O.C6H3BrN2.C6H12O2/c1-10(2,3)13-9(14)7-4-8(11)6-12-5-7;7-6-1-5(2-8)3-9-4-6;1-5(7)8-6(2,3)4/h4-6H,1-3H3,(H,13,14);1,3-4H;1-4H3. The number of esters is 1. The van der Waals surface area contributed by atoms with Gasteiger partial charge in [0, 0.05) is 46.2 Å². The average Bonchev–Trinajstić information content (AvgIpc) is 2.59. The lowest BCUT2D eigenvalue weighted by atomic mass is 10.1.